The number of alkyl halides is 2. The number of aliphatic carboxylic acids is 1. The van der Waals surface area contributed by atoms with Gasteiger partial charge in [-0.2, -0.15) is 0 Å². The molecule has 1 unspecified atom stereocenters. The van der Waals surface area contributed by atoms with Gasteiger partial charge in [0.2, 0.25) is 5.88 Å². The highest BCUT2D eigenvalue weighted by molar-refractivity contribution is 6.32. The predicted molar refractivity (Wildman–Crippen MR) is 54.7 cm³/mol. The first kappa shape index (κ1) is 12.0. The lowest BCUT2D eigenvalue weighted by molar-refractivity contribution is -0.143. The fraction of sp³-hybridized carbons (Fsp3) is 0.400. The number of nitrogens with zero attached hydrogens (tertiary/aromatic N) is 1. The van der Waals surface area contributed by atoms with Crippen molar-refractivity contribution in [2.75, 3.05) is 7.11 Å². The van der Waals surface area contributed by atoms with Crippen LogP contribution < -0.4 is 4.74 Å². The van der Waals surface area contributed by atoms with E-state index in [-0.39, 0.29) is 16.5 Å². The van der Waals surface area contributed by atoms with Gasteiger partial charge in [0.1, 0.15) is 0 Å². The Labute approximate surface area is 100 Å². The molecule has 1 fully saturated rings. The Hall–Kier alpha value is -1.43. The van der Waals surface area contributed by atoms with E-state index in [0.717, 1.165) is 0 Å². The van der Waals surface area contributed by atoms with Crippen molar-refractivity contribution < 1.29 is 23.4 Å². The van der Waals surface area contributed by atoms with Crippen molar-refractivity contribution in [1.82, 2.24) is 4.98 Å². The Morgan fingerprint density at radius 1 is 1.65 bits per heavy atom. The van der Waals surface area contributed by atoms with Crippen LogP contribution in [-0.2, 0) is 10.2 Å². The molecular weight excluding hydrogens is 256 g/mol. The van der Waals surface area contributed by atoms with Crippen LogP contribution in [0.25, 0.3) is 0 Å². The Balaban J connectivity index is 2.65. The Bertz CT molecular complexity index is 494. The zero-order valence-electron chi connectivity index (χ0n) is 8.71. The molecule has 92 valence electrons. The maximum atomic E-state index is 13.4. The second-order valence-electron chi connectivity index (χ2n) is 3.77. The monoisotopic (exact) mass is 263 g/mol. The van der Waals surface area contributed by atoms with E-state index < -0.39 is 23.7 Å². The van der Waals surface area contributed by atoms with Crippen molar-refractivity contribution in [3.05, 3.63) is 22.8 Å². The molecule has 0 bridgehead atoms. The summed E-state index contributed by atoms with van der Waals surface area (Å²) >= 11 is 5.79. The van der Waals surface area contributed by atoms with E-state index in [1.807, 2.05) is 0 Å². The number of aromatic nitrogens is 1. The van der Waals surface area contributed by atoms with E-state index in [9.17, 15) is 13.6 Å². The van der Waals surface area contributed by atoms with Crippen LogP contribution in [0.1, 0.15) is 12.0 Å². The minimum absolute atomic E-state index is 0.0866. The Morgan fingerprint density at radius 2 is 2.24 bits per heavy atom. The maximum Gasteiger partial charge on any atom is 0.320 e. The molecule has 1 aromatic heterocycles. The van der Waals surface area contributed by atoms with Crippen LogP contribution in [0, 0.1) is 0 Å². The van der Waals surface area contributed by atoms with E-state index in [4.69, 9.17) is 21.4 Å². The topological polar surface area (TPSA) is 59.4 Å². The summed E-state index contributed by atoms with van der Waals surface area (Å²) in [4.78, 5) is 14.8. The molecule has 2 rings (SSSR count). The van der Waals surface area contributed by atoms with Gasteiger partial charge in [-0.25, -0.2) is 13.8 Å². The van der Waals surface area contributed by atoms with Crippen LogP contribution >= 0.6 is 11.6 Å². The summed E-state index contributed by atoms with van der Waals surface area (Å²) in [5.74, 6) is -5.15. The minimum atomic E-state index is -3.33. The summed E-state index contributed by atoms with van der Waals surface area (Å²) < 4.78 is 31.5. The second-order valence-corrected chi connectivity index (χ2v) is 4.18. The number of carbonyl (C=O) groups is 1. The normalized spacial score (nSPS) is 25.4. The lowest BCUT2D eigenvalue weighted by atomic mass is 9.96. The molecule has 1 atom stereocenters. The van der Waals surface area contributed by atoms with Gasteiger partial charge < -0.3 is 9.84 Å². The van der Waals surface area contributed by atoms with E-state index >= 15 is 0 Å². The highest BCUT2D eigenvalue weighted by atomic mass is 35.5. The van der Waals surface area contributed by atoms with Crippen molar-refractivity contribution in [2.24, 2.45) is 0 Å². The summed E-state index contributed by atoms with van der Waals surface area (Å²) in [5.41, 5.74) is -2.58. The van der Waals surface area contributed by atoms with Crippen molar-refractivity contribution in [2.45, 2.75) is 17.8 Å². The molecule has 1 aromatic rings. The van der Waals surface area contributed by atoms with Crippen molar-refractivity contribution in [3.8, 4) is 5.88 Å². The zero-order chi connectivity index (χ0) is 12.8. The van der Waals surface area contributed by atoms with Gasteiger partial charge in [-0.1, -0.05) is 11.6 Å². The number of pyridine rings is 1. The average Bonchev–Trinajstić information content (AvgIpc) is 2.82. The van der Waals surface area contributed by atoms with E-state index in [1.54, 1.807) is 0 Å². The average molecular weight is 264 g/mol. The van der Waals surface area contributed by atoms with Crippen LogP contribution in [0.5, 0.6) is 5.88 Å². The first-order chi connectivity index (χ1) is 7.87. The van der Waals surface area contributed by atoms with Gasteiger partial charge in [0.25, 0.3) is 5.92 Å². The lowest BCUT2D eigenvalue weighted by Crippen LogP contribution is -2.28. The third-order valence-corrected chi connectivity index (χ3v) is 3.15. The smallest absolute Gasteiger partial charge is 0.320 e. The van der Waals surface area contributed by atoms with Gasteiger partial charge in [0.05, 0.1) is 17.7 Å². The van der Waals surface area contributed by atoms with Crippen molar-refractivity contribution >= 4 is 17.6 Å². The molecule has 7 heteroatoms. The fourth-order valence-corrected chi connectivity index (χ4v) is 2.16. The van der Waals surface area contributed by atoms with Crippen molar-refractivity contribution in [1.29, 1.82) is 0 Å². The first-order valence-corrected chi connectivity index (χ1v) is 5.05. The van der Waals surface area contributed by atoms with Crippen LogP contribution in [0.4, 0.5) is 8.78 Å². The molecule has 0 aromatic carbocycles. The van der Waals surface area contributed by atoms with Crippen LogP contribution in [0.2, 0.25) is 5.02 Å². The zero-order valence-corrected chi connectivity index (χ0v) is 9.46. The number of hydrogen-bond acceptors (Lipinski definition) is 3. The first-order valence-electron chi connectivity index (χ1n) is 4.67. The summed E-state index contributed by atoms with van der Waals surface area (Å²) in [6.45, 7) is 0. The summed E-state index contributed by atoms with van der Waals surface area (Å²) in [5, 5.41) is 8.93. The van der Waals surface area contributed by atoms with Crippen LogP contribution in [0.15, 0.2) is 12.3 Å². The summed E-state index contributed by atoms with van der Waals surface area (Å²) in [6.07, 6.45) is 0.470. The SMILES string of the molecule is COc1nccc(Cl)c1C1(C(=O)O)CC1(F)F. The number of rotatable bonds is 3. The standard InChI is InChI=1S/C10H8ClF2NO3/c1-17-7-6(5(11)2-3-14-7)9(8(15)16)4-10(9,12)13/h2-3H,4H2,1H3,(H,15,16). The third kappa shape index (κ3) is 1.47. The van der Waals surface area contributed by atoms with Gasteiger partial charge in [0.15, 0.2) is 5.41 Å². The van der Waals surface area contributed by atoms with E-state index in [2.05, 4.69) is 4.98 Å². The van der Waals surface area contributed by atoms with Gasteiger partial charge in [-0.05, 0) is 6.07 Å². The molecule has 4 nitrogen and oxygen atoms in total. The molecule has 1 N–H and O–H groups in total. The molecule has 1 aliphatic carbocycles. The number of ether oxygens (including phenoxy) is 1. The molecule has 0 spiro atoms. The van der Waals surface area contributed by atoms with Crippen LogP contribution in [-0.4, -0.2) is 29.1 Å². The van der Waals surface area contributed by atoms with Gasteiger partial charge in [-0.15, -0.1) is 0 Å². The van der Waals surface area contributed by atoms with Gasteiger partial charge >= 0.3 is 5.97 Å². The van der Waals surface area contributed by atoms with Gasteiger partial charge in [-0.3, -0.25) is 4.79 Å². The van der Waals surface area contributed by atoms with Crippen LogP contribution in [0.3, 0.4) is 0 Å². The molecule has 1 aliphatic rings. The number of halogens is 3. The third-order valence-electron chi connectivity index (χ3n) is 2.84. The van der Waals surface area contributed by atoms with E-state index in [0.29, 0.717) is 0 Å². The lowest BCUT2D eigenvalue weighted by Gasteiger charge is -2.15. The molecule has 1 saturated carbocycles. The Morgan fingerprint density at radius 3 is 2.65 bits per heavy atom. The number of carboxylic acids is 1. The second kappa shape index (κ2) is 3.53. The fourth-order valence-electron chi connectivity index (χ4n) is 1.86. The molecule has 17 heavy (non-hydrogen) atoms. The molecule has 1 heterocycles. The molecule has 0 aliphatic heterocycles. The molecule has 0 radical (unpaired) electrons. The van der Waals surface area contributed by atoms with E-state index in [1.165, 1.54) is 19.4 Å². The molecule has 0 amide bonds. The molecule has 0 saturated heterocycles. The summed E-state index contributed by atoms with van der Waals surface area (Å²) in [6, 6.07) is 1.26. The van der Waals surface area contributed by atoms with Gasteiger partial charge in [0, 0.05) is 12.6 Å². The quantitative estimate of drug-likeness (QED) is 0.907. The highest BCUT2D eigenvalue weighted by Crippen LogP contribution is 2.64. The number of carboxylic acid groups (broad SMARTS) is 1. The van der Waals surface area contributed by atoms with Crippen molar-refractivity contribution in [3.63, 3.8) is 0 Å². The largest absolute Gasteiger partial charge is 0.481 e. The Kier molecular flexibility index (Phi) is 2.50. The minimum Gasteiger partial charge on any atom is -0.481 e. The summed E-state index contributed by atoms with van der Waals surface area (Å²) in [7, 11) is 1.22. The maximum absolute atomic E-state index is 13.4. The number of hydrogen-bond donors (Lipinski definition) is 1. The molecular formula is C10H8ClF2NO3. The highest BCUT2D eigenvalue weighted by Gasteiger charge is 2.79. The predicted octanol–water partition coefficient (Wildman–Crippen LogP) is 2.10. The number of methoxy groups -OCH3 is 1.